The van der Waals surface area contributed by atoms with E-state index < -0.39 is 0 Å². The normalized spacial score (nSPS) is 13.9. The van der Waals surface area contributed by atoms with Gasteiger partial charge in [0.25, 0.3) is 0 Å². The number of fused-ring (bicyclic) bond motifs is 10. The van der Waals surface area contributed by atoms with Crippen LogP contribution in [0.15, 0.2) is 91.0 Å². The van der Waals surface area contributed by atoms with Crippen LogP contribution in [0.4, 0.5) is 0 Å². The first-order valence-electron chi connectivity index (χ1n) is 12.3. The minimum absolute atomic E-state index is 0.281. The van der Waals surface area contributed by atoms with Crippen LogP contribution in [0.1, 0.15) is 52.2 Å². The SMILES string of the molecule is CCc1nc(C)nc(Cc2ccc3c(c2)-c2ccccc2C32c3ccccc3-c3ccccc32)n1. The summed E-state index contributed by atoms with van der Waals surface area (Å²) in [6.07, 6.45) is 1.52. The van der Waals surface area contributed by atoms with Crippen LogP contribution in [-0.4, -0.2) is 15.0 Å². The highest BCUT2D eigenvalue weighted by atomic mass is 15.0. The van der Waals surface area contributed by atoms with E-state index in [0.717, 1.165) is 23.9 Å². The molecule has 2 aliphatic carbocycles. The third kappa shape index (κ3) is 2.75. The van der Waals surface area contributed by atoms with Gasteiger partial charge in [-0.3, -0.25) is 0 Å². The van der Waals surface area contributed by atoms with Crippen LogP contribution in [0, 0.1) is 6.92 Å². The van der Waals surface area contributed by atoms with E-state index in [1.54, 1.807) is 0 Å². The molecule has 4 aromatic carbocycles. The summed E-state index contributed by atoms with van der Waals surface area (Å²) in [7, 11) is 0. The highest BCUT2D eigenvalue weighted by Gasteiger charge is 2.51. The van der Waals surface area contributed by atoms with E-state index in [4.69, 9.17) is 4.98 Å². The zero-order valence-electron chi connectivity index (χ0n) is 19.9. The Labute approximate surface area is 205 Å². The van der Waals surface area contributed by atoms with Gasteiger partial charge in [0.1, 0.15) is 17.5 Å². The maximum atomic E-state index is 4.69. The van der Waals surface area contributed by atoms with Crippen LogP contribution in [-0.2, 0) is 18.3 Å². The molecule has 0 fully saturated rings. The Balaban J connectivity index is 1.46. The molecule has 0 amide bonds. The first kappa shape index (κ1) is 20.3. The molecule has 0 radical (unpaired) electrons. The maximum Gasteiger partial charge on any atom is 0.136 e. The molecule has 0 aliphatic heterocycles. The molecular weight excluding hydrogens is 426 g/mol. The van der Waals surface area contributed by atoms with Crippen molar-refractivity contribution in [3.05, 3.63) is 136 Å². The molecule has 1 spiro atoms. The van der Waals surface area contributed by atoms with Gasteiger partial charge in [-0.1, -0.05) is 97.9 Å². The number of hydrogen-bond donors (Lipinski definition) is 0. The molecule has 0 saturated carbocycles. The van der Waals surface area contributed by atoms with Gasteiger partial charge in [-0.05, 0) is 57.0 Å². The van der Waals surface area contributed by atoms with Crippen LogP contribution in [0.25, 0.3) is 22.3 Å². The molecule has 3 heteroatoms. The molecule has 1 aromatic heterocycles. The van der Waals surface area contributed by atoms with E-state index in [2.05, 4.69) is 108 Å². The lowest BCUT2D eigenvalue weighted by Crippen LogP contribution is -2.25. The average molecular weight is 452 g/mol. The van der Waals surface area contributed by atoms with Crippen LogP contribution in [0.3, 0.4) is 0 Å². The summed E-state index contributed by atoms with van der Waals surface area (Å²) >= 11 is 0. The second-order valence-corrected chi connectivity index (χ2v) is 9.51. The van der Waals surface area contributed by atoms with E-state index in [1.807, 2.05) is 6.92 Å². The van der Waals surface area contributed by atoms with Crippen molar-refractivity contribution < 1.29 is 0 Å². The molecule has 0 N–H and O–H groups in total. The Hall–Kier alpha value is -4.11. The van der Waals surface area contributed by atoms with Crippen LogP contribution >= 0.6 is 0 Å². The summed E-state index contributed by atoms with van der Waals surface area (Å²) in [4.78, 5) is 13.8. The molecule has 3 nitrogen and oxygen atoms in total. The van der Waals surface area contributed by atoms with Crippen LogP contribution < -0.4 is 0 Å². The second kappa shape index (κ2) is 7.44. The summed E-state index contributed by atoms with van der Waals surface area (Å²) in [5, 5.41) is 0. The van der Waals surface area contributed by atoms with Crippen molar-refractivity contribution in [1.82, 2.24) is 15.0 Å². The van der Waals surface area contributed by atoms with Gasteiger partial charge >= 0.3 is 0 Å². The second-order valence-electron chi connectivity index (χ2n) is 9.51. The predicted octanol–water partition coefficient (Wildman–Crippen LogP) is 6.68. The number of rotatable bonds is 3. The lowest BCUT2D eigenvalue weighted by Gasteiger charge is -2.30. The topological polar surface area (TPSA) is 38.7 Å². The van der Waals surface area contributed by atoms with Crippen molar-refractivity contribution in [3.8, 4) is 22.3 Å². The monoisotopic (exact) mass is 451 g/mol. The van der Waals surface area contributed by atoms with Gasteiger partial charge in [0.2, 0.25) is 0 Å². The van der Waals surface area contributed by atoms with Gasteiger partial charge in [-0.25, -0.2) is 15.0 Å². The molecular formula is C32H25N3. The Morgan fingerprint density at radius 1 is 0.571 bits per heavy atom. The number of aryl methyl sites for hydroxylation is 2. The molecule has 0 atom stereocenters. The van der Waals surface area contributed by atoms with Gasteiger partial charge < -0.3 is 0 Å². The summed E-state index contributed by atoms with van der Waals surface area (Å²) in [5.74, 6) is 2.49. The highest BCUT2D eigenvalue weighted by molar-refractivity contribution is 5.94. The predicted molar refractivity (Wildman–Crippen MR) is 139 cm³/mol. The van der Waals surface area contributed by atoms with E-state index in [0.29, 0.717) is 6.42 Å². The van der Waals surface area contributed by atoms with E-state index >= 15 is 0 Å². The third-order valence-electron chi connectivity index (χ3n) is 7.58. The Morgan fingerprint density at radius 3 is 1.69 bits per heavy atom. The summed E-state index contributed by atoms with van der Waals surface area (Å²) in [5.41, 5.74) is 11.7. The molecule has 0 bridgehead atoms. The number of hydrogen-bond acceptors (Lipinski definition) is 3. The van der Waals surface area contributed by atoms with E-state index in [-0.39, 0.29) is 5.41 Å². The first-order chi connectivity index (χ1) is 17.2. The van der Waals surface area contributed by atoms with E-state index in [9.17, 15) is 0 Å². The maximum absolute atomic E-state index is 4.69. The lowest BCUT2D eigenvalue weighted by atomic mass is 9.70. The van der Waals surface area contributed by atoms with Crippen molar-refractivity contribution >= 4 is 0 Å². The van der Waals surface area contributed by atoms with Crippen molar-refractivity contribution in [2.24, 2.45) is 0 Å². The fraction of sp³-hybridized carbons (Fsp3) is 0.156. The molecule has 35 heavy (non-hydrogen) atoms. The molecule has 168 valence electrons. The van der Waals surface area contributed by atoms with Gasteiger partial charge in [-0.2, -0.15) is 0 Å². The van der Waals surface area contributed by atoms with Crippen molar-refractivity contribution in [1.29, 1.82) is 0 Å². The molecule has 5 aromatic rings. The smallest absolute Gasteiger partial charge is 0.136 e. The Morgan fingerprint density at radius 2 is 1.09 bits per heavy atom. The van der Waals surface area contributed by atoms with Gasteiger partial charge in [0, 0.05) is 12.8 Å². The minimum Gasteiger partial charge on any atom is -0.218 e. The molecule has 1 heterocycles. The highest BCUT2D eigenvalue weighted by Crippen LogP contribution is 2.62. The zero-order chi connectivity index (χ0) is 23.6. The fourth-order valence-corrected chi connectivity index (χ4v) is 6.27. The van der Waals surface area contributed by atoms with Crippen molar-refractivity contribution in [3.63, 3.8) is 0 Å². The quantitative estimate of drug-likeness (QED) is 0.301. The molecule has 0 saturated heterocycles. The summed E-state index contributed by atoms with van der Waals surface area (Å²) in [6, 6.07) is 33.7. The summed E-state index contributed by atoms with van der Waals surface area (Å²) in [6.45, 7) is 4.03. The number of aromatic nitrogens is 3. The van der Waals surface area contributed by atoms with Gasteiger partial charge in [0.05, 0.1) is 5.41 Å². The average Bonchev–Trinajstić information content (AvgIpc) is 3.35. The third-order valence-corrected chi connectivity index (χ3v) is 7.58. The number of nitrogens with zero attached hydrogens (tertiary/aromatic N) is 3. The lowest BCUT2D eigenvalue weighted by molar-refractivity contribution is 0.791. The van der Waals surface area contributed by atoms with Crippen molar-refractivity contribution in [2.75, 3.05) is 0 Å². The fourth-order valence-electron chi connectivity index (χ4n) is 6.27. The largest absolute Gasteiger partial charge is 0.218 e. The van der Waals surface area contributed by atoms with Gasteiger partial charge in [0.15, 0.2) is 0 Å². The summed E-state index contributed by atoms with van der Waals surface area (Å²) < 4.78 is 0. The molecule has 2 aliphatic rings. The van der Waals surface area contributed by atoms with E-state index in [1.165, 1.54) is 50.1 Å². The molecule has 0 unspecified atom stereocenters. The van der Waals surface area contributed by atoms with Crippen molar-refractivity contribution in [2.45, 2.75) is 32.1 Å². The molecule has 7 rings (SSSR count). The van der Waals surface area contributed by atoms with Gasteiger partial charge in [-0.15, -0.1) is 0 Å². The van der Waals surface area contributed by atoms with Crippen LogP contribution in [0.2, 0.25) is 0 Å². The Kier molecular flexibility index (Phi) is 4.31. The Bertz CT molecular complexity index is 1590. The zero-order valence-corrected chi connectivity index (χ0v) is 19.9. The minimum atomic E-state index is -0.281. The van der Waals surface area contributed by atoms with Crippen LogP contribution in [0.5, 0.6) is 0 Å². The standard InChI is InChI=1S/C32H25N3/c1-3-30-33-20(2)34-31(35-30)19-21-16-17-29-25(18-21)24-12-6-9-15-28(24)32(29)26-13-7-4-10-22(26)23-11-5-8-14-27(23)32/h4-18H,3,19H2,1-2H3. The first-order valence-corrected chi connectivity index (χ1v) is 12.3. The number of benzene rings is 4.